The first-order chi connectivity index (χ1) is 10.1. The predicted octanol–water partition coefficient (Wildman–Crippen LogP) is 0.672. The fourth-order valence-corrected chi connectivity index (χ4v) is 4.48. The summed E-state index contributed by atoms with van der Waals surface area (Å²) in [4.78, 5) is 16.7. The molecule has 0 radical (unpaired) electrons. The van der Waals surface area contributed by atoms with Gasteiger partial charge in [0.25, 0.3) is 0 Å². The highest BCUT2D eigenvalue weighted by molar-refractivity contribution is 5.84. The summed E-state index contributed by atoms with van der Waals surface area (Å²) in [6.45, 7) is 4.89. The maximum atomic E-state index is 11.5. The molecule has 3 fully saturated rings. The summed E-state index contributed by atoms with van der Waals surface area (Å²) in [6, 6.07) is 1.24. The van der Waals surface area contributed by atoms with Crippen LogP contribution in [0.25, 0.3) is 0 Å². The molecule has 5 nitrogen and oxygen atoms in total. The number of rotatable bonds is 3. The van der Waals surface area contributed by atoms with Crippen molar-refractivity contribution >= 4 is 5.91 Å². The van der Waals surface area contributed by atoms with Gasteiger partial charge in [0.05, 0.1) is 5.54 Å². The number of primary amides is 1. The van der Waals surface area contributed by atoms with Gasteiger partial charge < -0.3 is 21.3 Å². The largest absolute Gasteiger partial charge is 0.368 e. The number of piperidine rings is 2. The standard InChI is InChI=1S/C16H30N4O/c17-15(21)16(18)7-4-14(12-16)20-10-5-13(6-11-20)19-8-2-1-3-9-19/h13-14H,1-12,18H2,(H2,17,21). The van der Waals surface area contributed by atoms with Crippen LogP contribution < -0.4 is 11.5 Å². The van der Waals surface area contributed by atoms with Gasteiger partial charge in [-0.25, -0.2) is 0 Å². The van der Waals surface area contributed by atoms with Gasteiger partial charge in [-0.1, -0.05) is 6.42 Å². The van der Waals surface area contributed by atoms with Crippen LogP contribution in [0, 0.1) is 0 Å². The number of hydrogen-bond acceptors (Lipinski definition) is 4. The molecule has 0 bridgehead atoms. The Labute approximate surface area is 128 Å². The highest BCUT2D eigenvalue weighted by Crippen LogP contribution is 2.33. The van der Waals surface area contributed by atoms with Crippen LogP contribution in [0.5, 0.6) is 0 Å². The molecule has 2 aliphatic heterocycles. The van der Waals surface area contributed by atoms with Gasteiger partial charge in [0.1, 0.15) is 0 Å². The molecule has 2 unspecified atom stereocenters. The van der Waals surface area contributed by atoms with Crippen molar-refractivity contribution in [2.45, 2.75) is 69.0 Å². The van der Waals surface area contributed by atoms with E-state index in [0.29, 0.717) is 6.04 Å². The fourth-order valence-electron chi connectivity index (χ4n) is 4.48. The van der Waals surface area contributed by atoms with E-state index in [9.17, 15) is 4.79 Å². The van der Waals surface area contributed by atoms with Crippen LogP contribution in [0.3, 0.4) is 0 Å². The Bertz CT molecular complexity index is 374. The normalized spacial score (nSPS) is 36.9. The topological polar surface area (TPSA) is 75.6 Å². The van der Waals surface area contributed by atoms with Crippen LogP contribution in [-0.4, -0.2) is 59.5 Å². The minimum Gasteiger partial charge on any atom is -0.368 e. The predicted molar refractivity (Wildman–Crippen MR) is 83.8 cm³/mol. The minimum atomic E-state index is -0.756. The highest BCUT2D eigenvalue weighted by Gasteiger charge is 2.43. The third-order valence-electron chi connectivity index (χ3n) is 5.94. The molecule has 3 rings (SSSR count). The number of nitrogens with two attached hydrogens (primary N) is 2. The first kappa shape index (κ1) is 15.3. The average Bonchev–Trinajstić information content (AvgIpc) is 2.92. The number of hydrogen-bond donors (Lipinski definition) is 2. The monoisotopic (exact) mass is 294 g/mol. The molecule has 21 heavy (non-hydrogen) atoms. The molecule has 1 saturated carbocycles. The second-order valence-corrected chi connectivity index (χ2v) is 7.28. The lowest BCUT2D eigenvalue weighted by molar-refractivity contribution is -0.123. The molecule has 5 heteroatoms. The van der Waals surface area contributed by atoms with Crippen LogP contribution in [0.1, 0.15) is 51.4 Å². The van der Waals surface area contributed by atoms with Crippen molar-refractivity contribution in [1.82, 2.24) is 9.80 Å². The molecule has 2 heterocycles. The van der Waals surface area contributed by atoms with Gasteiger partial charge in [0.2, 0.25) is 5.91 Å². The summed E-state index contributed by atoms with van der Waals surface area (Å²) in [5.41, 5.74) is 10.8. The van der Waals surface area contributed by atoms with E-state index in [1.165, 1.54) is 45.2 Å². The molecule has 3 aliphatic rings. The molecule has 1 aliphatic carbocycles. The summed E-state index contributed by atoms with van der Waals surface area (Å²) in [6.07, 6.45) is 9.20. The summed E-state index contributed by atoms with van der Waals surface area (Å²) >= 11 is 0. The van der Waals surface area contributed by atoms with Crippen molar-refractivity contribution in [1.29, 1.82) is 0 Å². The van der Waals surface area contributed by atoms with Gasteiger partial charge in [-0.2, -0.15) is 0 Å². The fraction of sp³-hybridized carbons (Fsp3) is 0.938. The van der Waals surface area contributed by atoms with Gasteiger partial charge in [-0.15, -0.1) is 0 Å². The molecule has 2 saturated heterocycles. The molecule has 4 N–H and O–H groups in total. The van der Waals surface area contributed by atoms with Crippen LogP contribution in [0.2, 0.25) is 0 Å². The zero-order valence-corrected chi connectivity index (χ0v) is 13.1. The lowest BCUT2D eigenvalue weighted by atomic mass is 9.96. The smallest absolute Gasteiger partial charge is 0.237 e. The van der Waals surface area contributed by atoms with E-state index in [-0.39, 0.29) is 5.91 Å². The van der Waals surface area contributed by atoms with Gasteiger partial charge in [-0.05, 0) is 71.1 Å². The van der Waals surface area contributed by atoms with Gasteiger partial charge in [0.15, 0.2) is 0 Å². The molecule has 0 aromatic heterocycles. The lowest BCUT2D eigenvalue weighted by Gasteiger charge is -2.42. The molecular formula is C16H30N4O. The van der Waals surface area contributed by atoms with Crippen molar-refractivity contribution in [2.75, 3.05) is 26.2 Å². The first-order valence-corrected chi connectivity index (χ1v) is 8.65. The quantitative estimate of drug-likeness (QED) is 0.802. The molecule has 0 aromatic rings. The average molecular weight is 294 g/mol. The summed E-state index contributed by atoms with van der Waals surface area (Å²) in [5.74, 6) is -0.326. The Kier molecular flexibility index (Phi) is 4.52. The third kappa shape index (κ3) is 3.25. The number of amides is 1. The van der Waals surface area contributed by atoms with Gasteiger partial charge >= 0.3 is 0 Å². The van der Waals surface area contributed by atoms with Crippen LogP contribution in [-0.2, 0) is 4.79 Å². The molecule has 120 valence electrons. The Morgan fingerprint density at radius 1 is 0.905 bits per heavy atom. The van der Waals surface area contributed by atoms with E-state index in [4.69, 9.17) is 11.5 Å². The molecule has 1 amide bonds. The number of carbonyl (C=O) groups is 1. The van der Waals surface area contributed by atoms with Gasteiger partial charge in [0, 0.05) is 12.1 Å². The maximum absolute atomic E-state index is 11.5. The van der Waals surface area contributed by atoms with E-state index in [2.05, 4.69) is 9.80 Å². The Hall–Kier alpha value is -0.650. The van der Waals surface area contributed by atoms with Crippen molar-refractivity contribution in [3.05, 3.63) is 0 Å². The van der Waals surface area contributed by atoms with Crippen molar-refractivity contribution in [2.24, 2.45) is 11.5 Å². The van der Waals surface area contributed by atoms with Gasteiger partial charge in [-0.3, -0.25) is 4.79 Å². The summed E-state index contributed by atoms with van der Waals surface area (Å²) < 4.78 is 0. The van der Waals surface area contributed by atoms with E-state index < -0.39 is 5.54 Å². The Morgan fingerprint density at radius 2 is 1.52 bits per heavy atom. The Morgan fingerprint density at radius 3 is 2.10 bits per heavy atom. The molecule has 0 spiro atoms. The van der Waals surface area contributed by atoms with E-state index in [1.54, 1.807) is 0 Å². The van der Waals surface area contributed by atoms with E-state index in [0.717, 1.165) is 38.4 Å². The second kappa shape index (κ2) is 6.23. The lowest BCUT2D eigenvalue weighted by Crippen LogP contribution is -2.52. The van der Waals surface area contributed by atoms with Crippen molar-refractivity contribution in [3.63, 3.8) is 0 Å². The number of likely N-dealkylation sites (tertiary alicyclic amines) is 2. The number of nitrogens with zero attached hydrogens (tertiary/aromatic N) is 2. The SMILES string of the molecule is NC(=O)C1(N)CCC(N2CCC(N3CCCCC3)CC2)C1. The molecular weight excluding hydrogens is 264 g/mol. The van der Waals surface area contributed by atoms with Crippen molar-refractivity contribution in [3.8, 4) is 0 Å². The second-order valence-electron chi connectivity index (χ2n) is 7.28. The summed E-state index contributed by atoms with van der Waals surface area (Å²) in [7, 11) is 0. The summed E-state index contributed by atoms with van der Waals surface area (Å²) in [5, 5.41) is 0. The highest BCUT2D eigenvalue weighted by atomic mass is 16.1. The first-order valence-electron chi connectivity index (χ1n) is 8.65. The molecule has 0 aromatic carbocycles. The van der Waals surface area contributed by atoms with E-state index >= 15 is 0 Å². The van der Waals surface area contributed by atoms with Crippen molar-refractivity contribution < 1.29 is 4.79 Å². The zero-order chi connectivity index (χ0) is 14.9. The van der Waals surface area contributed by atoms with Crippen LogP contribution in [0.4, 0.5) is 0 Å². The molecule has 2 atom stereocenters. The minimum absolute atomic E-state index is 0.326. The Balaban J connectivity index is 1.49. The van der Waals surface area contributed by atoms with Crippen LogP contribution >= 0.6 is 0 Å². The maximum Gasteiger partial charge on any atom is 0.237 e. The van der Waals surface area contributed by atoms with Crippen LogP contribution in [0.15, 0.2) is 0 Å². The number of carbonyl (C=O) groups excluding carboxylic acids is 1. The zero-order valence-electron chi connectivity index (χ0n) is 13.1. The van der Waals surface area contributed by atoms with E-state index in [1.807, 2.05) is 0 Å². The third-order valence-corrected chi connectivity index (χ3v) is 5.94.